The fourth-order valence-electron chi connectivity index (χ4n) is 2.14. The number of carbonyl (C=O) groups is 2. The molecule has 0 aromatic carbocycles. The Balaban J connectivity index is 0.000000713. The molecule has 154 valence electrons. The number of nitrogens with zero attached hydrogens (tertiary/aromatic N) is 2. The van der Waals surface area contributed by atoms with Crippen LogP contribution in [0.25, 0.3) is 0 Å². The van der Waals surface area contributed by atoms with E-state index in [0.29, 0.717) is 23.0 Å². The highest BCUT2D eigenvalue weighted by Gasteiger charge is 2.12. The van der Waals surface area contributed by atoms with Crippen molar-refractivity contribution in [3.63, 3.8) is 0 Å². The fourth-order valence-corrected chi connectivity index (χ4v) is 2.87. The summed E-state index contributed by atoms with van der Waals surface area (Å²) in [6.07, 6.45) is 5.25. The number of rotatable bonds is 9. The summed E-state index contributed by atoms with van der Waals surface area (Å²) in [7, 11) is 1.07. The summed E-state index contributed by atoms with van der Waals surface area (Å²) in [6.45, 7) is 2.31. The second kappa shape index (κ2) is 11.0. The van der Waals surface area contributed by atoms with Crippen LogP contribution in [0, 0.1) is 6.92 Å². The Labute approximate surface area is 160 Å². The number of aryl methyl sites for hydroxylation is 2. The lowest BCUT2D eigenvalue weighted by atomic mass is 10.2. The predicted octanol–water partition coefficient (Wildman–Crippen LogP) is 0.609. The van der Waals surface area contributed by atoms with Gasteiger partial charge in [0.2, 0.25) is 0 Å². The van der Waals surface area contributed by atoms with Crippen molar-refractivity contribution in [2.75, 3.05) is 27.7 Å². The van der Waals surface area contributed by atoms with Crippen LogP contribution in [0.2, 0.25) is 0 Å². The van der Waals surface area contributed by atoms with Gasteiger partial charge in [-0.25, -0.2) is 17.8 Å². The van der Waals surface area contributed by atoms with Gasteiger partial charge in [-0.2, -0.15) is 0 Å². The molecule has 0 radical (unpaired) electrons. The molecular formula is C17H29N2O7S+. The molecule has 9 nitrogen and oxygen atoms in total. The molecule has 1 rings (SSSR count). The van der Waals surface area contributed by atoms with E-state index < -0.39 is 22.1 Å². The van der Waals surface area contributed by atoms with Crippen LogP contribution in [-0.2, 0) is 26.3 Å². The molecule has 0 aliphatic heterocycles. The normalized spacial score (nSPS) is 11.4. The number of hydrogen-bond donors (Lipinski definition) is 2. The minimum atomic E-state index is -4.45. The summed E-state index contributed by atoms with van der Waals surface area (Å²) in [6, 6.07) is 1.59. The minimum Gasteiger partial charge on any atom is -0.744 e. The molecule has 0 aliphatic rings. The molecule has 0 spiro atoms. The molecule has 10 heteroatoms. The molecule has 0 saturated carbocycles. The van der Waals surface area contributed by atoms with E-state index in [1.807, 2.05) is 21.1 Å². The molecule has 1 heterocycles. The van der Waals surface area contributed by atoms with E-state index in [-0.39, 0.29) is 17.9 Å². The van der Waals surface area contributed by atoms with E-state index >= 15 is 0 Å². The Hall–Kier alpha value is -2.04. The van der Waals surface area contributed by atoms with E-state index in [0.717, 1.165) is 12.8 Å². The maximum Gasteiger partial charge on any atom is 0.359 e. The Bertz CT molecular complexity index is 740. The highest BCUT2D eigenvalue weighted by atomic mass is 32.2. The van der Waals surface area contributed by atoms with Crippen LogP contribution in [0.5, 0.6) is 0 Å². The standard InChI is InChI=1S/C12H17NO5S.C5H11NO2/c1-10-6-8-13(9-11(10)19(16,17)18)7-4-2-3-5-12(14)15;1-6(2,3)4-5(7)8/h6,8-9H,2-5,7H2,1H3,(H-,14,15,16,17,18);4H2,1-3H3/p+1. The third-order valence-corrected chi connectivity index (χ3v) is 4.34. The molecule has 0 unspecified atom stereocenters. The second-order valence-corrected chi connectivity index (χ2v) is 8.58. The lowest BCUT2D eigenvalue weighted by Gasteiger charge is -2.20. The van der Waals surface area contributed by atoms with Gasteiger partial charge in [0.05, 0.1) is 21.1 Å². The monoisotopic (exact) mass is 405 g/mol. The molecule has 0 amide bonds. The molecule has 0 fully saturated rings. The molecule has 0 atom stereocenters. The van der Waals surface area contributed by atoms with Crippen molar-refractivity contribution in [1.29, 1.82) is 0 Å². The SMILES string of the molecule is C[N+](C)(C)CC(=O)O.Cc1cc[n+](CCCCCC(=O)O)cc1S(=O)(=O)[O-]. The first-order valence-corrected chi connectivity index (χ1v) is 9.83. The number of aromatic nitrogens is 1. The van der Waals surface area contributed by atoms with Crippen LogP contribution in [-0.4, -0.2) is 67.3 Å². The summed E-state index contributed by atoms with van der Waals surface area (Å²) in [5, 5.41) is 16.7. The average molecular weight is 405 g/mol. The van der Waals surface area contributed by atoms with Gasteiger partial charge in [0.15, 0.2) is 18.9 Å². The van der Waals surface area contributed by atoms with Crippen LogP contribution in [0.3, 0.4) is 0 Å². The molecule has 1 aromatic heterocycles. The summed E-state index contributed by atoms with van der Waals surface area (Å²) in [5.74, 6) is -1.57. The second-order valence-electron chi connectivity index (χ2n) is 7.23. The zero-order valence-corrected chi connectivity index (χ0v) is 17.0. The predicted molar refractivity (Wildman–Crippen MR) is 96.0 cm³/mol. The van der Waals surface area contributed by atoms with Crippen molar-refractivity contribution in [3.05, 3.63) is 24.0 Å². The molecule has 0 aliphatic carbocycles. The molecular weight excluding hydrogens is 376 g/mol. The van der Waals surface area contributed by atoms with Crippen LogP contribution in [0.15, 0.2) is 23.4 Å². The third-order valence-electron chi connectivity index (χ3n) is 3.37. The zero-order valence-electron chi connectivity index (χ0n) is 16.2. The zero-order chi connectivity index (χ0) is 21.3. The van der Waals surface area contributed by atoms with Gasteiger partial charge in [-0.15, -0.1) is 0 Å². The van der Waals surface area contributed by atoms with Gasteiger partial charge in [0, 0.05) is 18.9 Å². The van der Waals surface area contributed by atoms with E-state index in [4.69, 9.17) is 10.2 Å². The first-order valence-electron chi connectivity index (χ1n) is 8.42. The third kappa shape index (κ3) is 12.9. The van der Waals surface area contributed by atoms with Crippen LogP contribution >= 0.6 is 0 Å². The number of carboxylic acids is 2. The van der Waals surface area contributed by atoms with Crippen molar-refractivity contribution in [1.82, 2.24) is 0 Å². The Morgan fingerprint density at radius 1 is 1.11 bits per heavy atom. The minimum absolute atomic E-state index is 0.138. The van der Waals surface area contributed by atoms with Crippen molar-refractivity contribution < 1.29 is 41.8 Å². The Morgan fingerprint density at radius 3 is 2.11 bits per heavy atom. The number of unbranched alkanes of at least 4 members (excludes halogenated alkanes) is 2. The van der Waals surface area contributed by atoms with Crippen LogP contribution < -0.4 is 4.57 Å². The maximum atomic E-state index is 11.0. The van der Waals surface area contributed by atoms with E-state index in [9.17, 15) is 22.6 Å². The lowest BCUT2D eigenvalue weighted by Crippen LogP contribution is -2.39. The van der Waals surface area contributed by atoms with Gasteiger partial charge in [-0.05, 0) is 25.3 Å². The highest BCUT2D eigenvalue weighted by molar-refractivity contribution is 7.85. The smallest absolute Gasteiger partial charge is 0.359 e. The molecule has 2 N–H and O–H groups in total. The van der Waals surface area contributed by atoms with Crippen molar-refractivity contribution in [3.8, 4) is 0 Å². The number of aliphatic carboxylic acids is 2. The van der Waals surface area contributed by atoms with E-state index in [2.05, 4.69) is 0 Å². The van der Waals surface area contributed by atoms with Crippen LogP contribution in [0.4, 0.5) is 0 Å². The molecule has 0 saturated heterocycles. The average Bonchev–Trinajstić information content (AvgIpc) is 2.45. The summed E-state index contributed by atoms with van der Waals surface area (Å²) >= 11 is 0. The quantitative estimate of drug-likeness (QED) is 0.266. The van der Waals surface area contributed by atoms with Gasteiger partial charge in [-0.1, -0.05) is 0 Å². The fraction of sp³-hybridized carbons (Fsp3) is 0.588. The Morgan fingerprint density at radius 2 is 1.70 bits per heavy atom. The summed E-state index contributed by atoms with van der Waals surface area (Å²) in [5.41, 5.74) is 0.428. The molecule has 0 bridgehead atoms. The summed E-state index contributed by atoms with van der Waals surface area (Å²) in [4.78, 5) is 20.1. The van der Waals surface area contributed by atoms with Gasteiger partial charge in [-0.3, -0.25) is 4.79 Å². The van der Waals surface area contributed by atoms with Gasteiger partial charge in [0.25, 0.3) is 0 Å². The van der Waals surface area contributed by atoms with Gasteiger partial charge < -0.3 is 19.2 Å². The topological polar surface area (TPSA) is 136 Å². The molecule has 1 aromatic rings. The highest BCUT2D eigenvalue weighted by Crippen LogP contribution is 2.11. The van der Waals surface area contributed by atoms with Gasteiger partial charge >= 0.3 is 11.9 Å². The summed E-state index contributed by atoms with van der Waals surface area (Å²) < 4.78 is 35.2. The number of pyridine rings is 1. The largest absolute Gasteiger partial charge is 0.744 e. The first-order chi connectivity index (χ1) is 12.2. The van der Waals surface area contributed by atoms with Crippen molar-refractivity contribution in [2.24, 2.45) is 0 Å². The number of hydrogen-bond acceptors (Lipinski definition) is 5. The van der Waals surface area contributed by atoms with Crippen molar-refractivity contribution >= 4 is 22.1 Å². The number of likely N-dealkylation sites (N-methyl/N-ethyl adjacent to an activating group) is 1. The van der Waals surface area contributed by atoms with E-state index in [1.165, 1.54) is 6.20 Å². The van der Waals surface area contributed by atoms with Gasteiger partial charge in [0.1, 0.15) is 21.6 Å². The maximum absolute atomic E-state index is 11.0. The Kier molecular flexibility index (Phi) is 10.1. The number of quaternary nitrogens is 1. The van der Waals surface area contributed by atoms with Crippen molar-refractivity contribution in [2.45, 2.75) is 44.0 Å². The first kappa shape index (κ1) is 25.0. The number of carboxylic acid groups (broad SMARTS) is 2. The lowest BCUT2D eigenvalue weighted by molar-refractivity contribution is -0.862. The van der Waals surface area contributed by atoms with E-state index in [1.54, 1.807) is 23.8 Å². The molecule has 27 heavy (non-hydrogen) atoms. The van der Waals surface area contributed by atoms with Crippen LogP contribution in [0.1, 0.15) is 31.2 Å².